The molecule has 1 aromatic rings. The summed E-state index contributed by atoms with van der Waals surface area (Å²) in [5.41, 5.74) is 0.901. The average Bonchev–Trinajstić information content (AvgIpc) is 3.43. The molecular weight excluding hydrogens is 342 g/mol. The quantitative estimate of drug-likeness (QED) is 0.646. The van der Waals surface area contributed by atoms with Gasteiger partial charge in [-0.3, -0.25) is 9.59 Å². The van der Waals surface area contributed by atoms with Crippen molar-refractivity contribution < 1.29 is 14.7 Å². The van der Waals surface area contributed by atoms with Gasteiger partial charge < -0.3 is 20.6 Å². The number of carbonyl (C=O) groups is 2. The number of rotatable bonds is 8. The maximum Gasteiger partial charge on any atom is 0.256 e. The Morgan fingerprint density at radius 3 is 2.63 bits per heavy atom. The van der Waals surface area contributed by atoms with Crippen molar-refractivity contribution in [3.05, 3.63) is 35.4 Å². The Hall–Kier alpha value is -1.92. The minimum absolute atomic E-state index is 0.0774. The molecule has 1 atom stereocenters. The van der Waals surface area contributed by atoms with Crippen LogP contribution in [0.5, 0.6) is 0 Å². The van der Waals surface area contributed by atoms with Crippen molar-refractivity contribution in [2.45, 2.75) is 63.6 Å². The van der Waals surface area contributed by atoms with Crippen molar-refractivity contribution in [2.24, 2.45) is 0 Å². The smallest absolute Gasteiger partial charge is 0.256 e. The number of benzene rings is 1. The van der Waals surface area contributed by atoms with Gasteiger partial charge in [-0.2, -0.15) is 0 Å². The molecule has 3 N–H and O–H groups in total. The van der Waals surface area contributed by atoms with Crippen LogP contribution in [-0.2, 0) is 16.1 Å². The Labute approximate surface area is 161 Å². The summed E-state index contributed by atoms with van der Waals surface area (Å²) in [5.74, 6) is 0.146. The molecule has 0 bridgehead atoms. The number of aliphatic hydroxyl groups is 1. The van der Waals surface area contributed by atoms with Gasteiger partial charge in [0.2, 0.25) is 5.91 Å². The number of nitrogens with one attached hydrogen (secondary N) is 2. The van der Waals surface area contributed by atoms with E-state index in [1.165, 1.54) is 5.56 Å². The fourth-order valence-electron chi connectivity index (χ4n) is 3.50. The second-order valence-electron chi connectivity index (χ2n) is 8.20. The number of amides is 2. The van der Waals surface area contributed by atoms with Crippen molar-refractivity contribution in [3.8, 4) is 0 Å². The van der Waals surface area contributed by atoms with E-state index in [4.69, 9.17) is 0 Å². The molecule has 1 saturated carbocycles. The fraction of sp³-hybridized carbons (Fsp3) is 0.619. The van der Waals surface area contributed by atoms with E-state index in [-0.39, 0.29) is 24.9 Å². The Kier molecular flexibility index (Phi) is 6.17. The van der Waals surface area contributed by atoms with Crippen LogP contribution < -0.4 is 10.6 Å². The van der Waals surface area contributed by atoms with E-state index in [0.29, 0.717) is 31.5 Å². The van der Waals surface area contributed by atoms with Crippen LogP contribution in [0.1, 0.15) is 56.6 Å². The second-order valence-corrected chi connectivity index (χ2v) is 8.20. The predicted molar refractivity (Wildman–Crippen MR) is 104 cm³/mol. The molecule has 1 aliphatic heterocycles. The van der Waals surface area contributed by atoms with Gasteiger partial charge in [-0.15, -0.1) is 0 Å². The molecule has 1 saturated heterocycles. The molecule has 6 heteroatoms. The van der Waals surface area contributed by atoms with Gasteiger partial charge >= 0.3 is 0 Å². The van der Waals surface area contributed by atoms with Gasteiger partial charge in [-0.05, 0) is 42.7 Å². The third-order valence-corrected chi connectivity index (χ3v) is 5.37. The molecule has 1 aromatic carbocycles. The topological polar surface area (TPSA) is 81.7 Å². The Bertz CT molecular complexity index is 670. The van der Waals surface area contributed by atoms with Crippen molar-refractivity contribution in [2.75, 3.05) is 19.6 Å². The zero-order chi connectivity index (χ0) is 19.4. The van der Waals surface area contributed by atoms with Gasteiger partial charge in [-0.1, -0.05) is 38.1 Å². The molecule has 0 radical (unpaired) electrons. The fourth-order valence-corrected chi connectivity index (χ4v) is 3.50. The number of piperidine rings is 1. The average molecular weight is 373 g/mol. The summed E-state index contributed by atoms with van der Waals surface area (Å²) in [6.07, 6.45) is 3.26. The standard InChI is InChI=1S/C21H31N3O3/c1-15(2)17-6-4-16(5-7-17)13-24-11-3-10-21(27,20(24)26)14-22-12-19(25)23-18-8-9-18/h4-7,15,18,22,27H,3,8-14H2,1-2H3,(H,23,25). The molecule has 6 nitrogen and oxygen atoms in total. The number of nitrogens with zero attached hydrogens (tertiary/aromatic N) is 1. The van der Waals surface area contributed by atoms with Gasteiger partial charge in [-0.25, -0.2) is 0 Å². The van der Waals surface area contributed by atoms with Crippen LogP contribution in [0.4, 0.5) is 0 Å². The second kappa shape index (κ2) is 8.40. The van der Waals surface area contributed by atoms with E-state index >= 15 is 0 Å². The molecule has 1 unspecified atom stereocenters. The van der Waals surface area contributed by atoms with Crippen LogP contribution in [0.2, 0.25) is 0 Å². The van der Waals surface area contributed by atoms with Crippen LogP contribution in [0.3, 0.4) is 0 Å². The lowest BCUT2D eigenvalue weighted by Gasteiger charge is -2.38. The van der Waals surface area contributed by atoms with E-state index in [0.717, 1.165) is 24.8 Å². The van der Waals surface area contributed by atoms with Crippen LogP contribution >= 0.6 is 0 Å². The summed E-state index contributed by atoms with van der Waals surface area (Å²) in [7, 11) is 0. The molecule has 1 heterocycles. The summed E-state index contributed by atoms with van der Waals surface area (Å²) < 4.78 is 0. The predicted octanol–water partition coefficient (Wildman–Crippen LogP) is 1.53. The molecule has 2 amide bonds. The largest absolute Gasteiger partial charge is 0.379 e. The first-order chi connectivity index (χ1) is 12.9. The summed E-state index contributed by atoms with van der Waals surface area (Å²) in [4.78, 5) is 26.3. The van der Waals surface area contributed by atoms with Crippen molar-refractivity contribution in [1.82, 2.24) is 15.5 Å². The molecule has 27 heavy (non-hydrogen) atoms. The van der Waals surface area contributed by atoms with Gasteiger partial charge in [0.05, 0.1) is 6.54 Å². The maximum atomic E-state index is 12.8. The van der Waals surface area contributed by atoms with Crippen LogP contribution in [0.25, 0.3) is 0 Å². The first-order valence-electron chi connectivity index (χ1n) is 9.98. The lowest BCUT2D eigenvalue weighted by molar-refractivity contribution is -0.157. The maximum absolute atomic E-state index is 12.8. The number of carbonyl (C=O) groups excluding carboxylic acids is 2. The molecule has 1 aliphatic carbocycles. The summed E-state index contributed by atoms with van der Waals surface area (Å²) in [5, 5.41) is 16.7. The zero-order valence-electron chi connectivity index (χ0n) is 16.3. The van der Waals surface area contributed by atoms with E-state index in [1.54, 1.807) is 4.90 Å². The highest BCUT2D eigenvalue weighted by Crippen LogP contribution is 2.24. The van der Waals surface area contributed by atoms with Crippen LogP contribution in [-0.4, -0.2) is 53.1 Å². The van der Waals surface area contributed by atoms with E-state index in [1.807, 2.05) is 0 Å². The first-order valence-corrected chi connectivity index (χ1v) is 9.98. The lowest BCUT2D eigenvalue weighted by atomic mass is 9.91. The minimum atomic E-state index is -1.43. The third kappa shape index (κ3) is 5.30. The highest BCUT2D eigenvalue weighted by Gasteiger charge is 2.41. The third-order valence-electron chi connectivity index (χ3n) is 5.37. The van der Waals surface area contributed by atoms with Crippen molar-refractivity contribution >= 4 is 11.8 Å². The van der Waals surface area contributed by atoms with Gasteiger partial charge in [0.15, 0.2) is 5.60 Å². The molecular formula is C21H31N3O3. The Morgan fingerprint density at radius 1 is 1.30 bits per heavy atom. The van der Waals surface area contributed by atoms with E-state index in [9.17, 15) is 14.7 Å². The molecule has 2 aliphatic rings. The molecule has 3 rings (SSSR count). The molecule has 2 fully saturated rings. The molecule has 0 spiro atoms. The van der Waals surface area contributed by atoms with E-state index < -0.39 is 5.60 Å². The molecule has 148 valence electrons. The van der Waals surface area contributed by atoms with Crippen molar-refractivity contribution in [1.29, 1.82) is 0 Å². The highest BCUT2D eigenvalue weighted by molar-refractivity contribution is 5.86. The Morgan fingerprint density at radius 2 is 2.00 bits per heavy atom. The first kappa shape index (κ1) is 19.8. The SMILES string of the molecule is CC(C)c1ccc(CN2CCCC(O)(CNCC(=O)NC3CC3)C2=O)cc1. The Balaban J connectivity index is 1.52. The lowest BCUT2D eigenvalue weighted by Crippen LogP contribution is -2.58. The van der Waals surface area contributed by atoms with Crippen molar-refractivity contribution in [3.63, 3.8) is 0 Å². The number of likely N-dealkylation sites (tertiary alicyclic amines) is 1. The molecule has 0 aromatic heterocycles. The van der Waals surface area contributed by atoms with E-state index in [2.05, 4.69) is 48.7 Å². The van der Waals surface area contributed by atoms with Gasteiger partial charge in [0, 0.05) is 25.7 Å². The summed E-state index contributed by atoms with van der Waals surface area (Å²) >= 11 is 0. The van der Waals surface area contributed by atoms with Crippen LogP contribution in [0, 0.1) is 0 Å². The normalized spacial score (nSPS) is 23.0. The minimum Gasteiger partial charge on any atom is -0.379 e. The monoisotopic (exact) mass is 373 g/mol. The van der Waals surface area contributed by atoms with Gasteiger partial charge in [0.25, 0.3) is 5.91 Å². The summed E-state index contributed by atoms with van der Waals surface area (Å²) in [6, 6.07) is 8.62. The van der Waals surface area contributed by atoms with Crippen LogP contribution in [0.15, 0.2) is 24.3 Å². The number of hydrogen-bond acceptors (Lipinski definition) is 4. The zero-order valence-corrected chi connectivity index (χ0v) is 16.3. The number of hydrogen-bond donors (Lipinski definition) is 3. The van der Waals surface area contributed by atoms with Gasteiger partial charge in [0.1, 0.15) is 0 Å². The highest BCUT2D eigenvalue weighted by atomic mass is 16.3. The summed E-state index contributed by atoms with van der Waals surface area (Å²) in [6.45, 7) is 5.69.